The number of thioether (sulfide) groups is 1. The topological polar surface area (TPSA) is 41.1 Å². The smallest absolute Gasteiger partial charge is 0.236 e. The molecule has 0 spiro atoms. The van der Waals surface area contributed by atoms with E-state index < -0.39 is 0 Å². The zero-order chi connectivity index (χ0) is 12.3. The van der Waals surface area contributed by atoms with Gasteiger partial charge in [0.2, 0.25) is 5.91 Å². The van der Waals surface area contributed by atoms with E-state index in [1.807, 2.05) is 18.7 Å². The molecule has 3 nitrogen and oxygen atoms in total. The molecule has 0 saturated carbocycles. The first kappa shape index (κ1) is 12.5. The number of carbonyl (C=O) groups excluding carboxylic acids is 1. The van der Waals surface area contributed by atoms with E-state index in [0.29, 0.717) is 6.04 Å². The lowest BCUT2D eigenvalue weighted by Crippen LogP contribution is -2.43. The maximum absolute atomic E-state index is 11.5. The summed E-state index contributed by atoms with van der Waals surface area (Å²) in [7, 11) is 1.67. The Bertz CT molecular complexity index is 408. The van der Waals surface area contributed by atoms with Crippen LogP contribution in [0.4, 0.5) is 0 Å². The average molecular weight is 250 g/mol. The molecule has 1 aliphatic rings. The number of likely N-dealkylation sites (N-methyl/N-ethyl adjacent to an activating group) is 1. The lowest BCUT2D eigenvalue weighted by Gasteiger charge is -2.28. The van der Waals surface area contributed by atoms with Crippen molar-refractivity contribution < 1.29 is 4.79 Å². The minimum atomic E-state index is -0.152. The number of fused-ring (bicyclic) bond motifs is 1. The van der Waals surface area contributed by atoms with Crippen LogP contribution in [0.5, 0.6) is 0 Å². The second kappa shape index (κ2) is 5.56. The van der Waals surface area contributed by atoms with Crippen LogP contribution in [0.15, 0.2) is 29.2 Å². The molecule has 2 N–H and O–H groups in total. The molecule has 2 rings (SSSR count). The Kier molecular flexibility index (Phi) is 4.07. The highest BCUT2D eigenvalue weighted by Crippen LogP contribution is 2.35. The van der Waals surface area contributed by atoms with Crippen molar-refractivity contribution in [3.63, 3.8) is 0 Å². The quantitative estimate of drug-likeness (QED) is 0.861. The van der Waals surface area contributed by atoms with Crippen LogP contribution >= 0.6 is 11.8 Å². The summed E-state index contributed by atoms with van der Waals surface area (Å²) in [5.74, 6) is 1.15. The third-order valence-corrected chi connectivity index (χ3v) is 4.17. The van der Waals surface area contributed by atoms with Gasteiger partial charge < -0.3 is 5.32 Å². The van der Waals surface area contributed by atoms with E-state index in [0.717, 1.165) is 12.2 Å². The predicted octanol–water partition coefficient (Wildman–Crippen LogP) is 1.95. The third kappa shape index (κ3) is 2.82. The molecule has 92 valence electrons. The van der Waals surface area contributed by atoms with Crippen molar-refractivity contribution in [1.82, 2.24) is 10.6 Å². The first-order chi connectivity index (χ1) is 8.22. The number of hydrogen-bond donors (Lipinski definition) is 2. The van der Waals surface area contributed by atoms with E-state index in [4.69, 9.17) is 0 Å². The van der Waals surface area contributed by atoms with E-state index in [1.165, 1.54) is 10.5 Å². The fourth-order valence-corrected chi connectivity index (χ4v) is 3.23. The Morgan fingerprint density at radius 3 is 3.00 bits per heavy atom. The molecule has 2 atom stereocenters. The van der Waals surface area contributed by atoms with Gasteiger partial charge >= 0.3 is 0 Å². The normalized spacial score (nSPS) is 20.5. The summed E-state index contributed by atoms with van der Waals surface area (Å²) in [5, 5.41) is 6.07. The first-order valence-electron chi connectivity index (χ1n) is 5.91. The fraction of sp³-hybridized carbons (Fsp3) is 0.462. The molecule has 0 saturated heterocycles. The molecule has 0 aromatic heterocycles. The van der Waals surface area contributed by atoms with Gasteiger partial charge in [-0.05, 0) is 30.7 Å². The average Bonchev–Trinajstić information content (AvgIpc) is 2.38. The van der Waals surface area contributed by atoms with Crippen molar-refractivity contribution in [2.75, 3.05) is 12.8 Å². The summed E-state index contributed by atoms with van der Waals surface area (Å²) in [4.78, 5) is 12.9. The summed E-state index contributed by atoms with van der Waals surface area (Å²) in [6.07, 6.45) is 1.07. The molecule has 0 aliphatic carbocycles. The summed E-state index contributed by atoms with van der Waals surface area (Å²) in [6, 6.07) is 8.56. The number of carbonyl (C=O) groups is 1. The first-order valence-corrected chi connectivity index (χ1v) is 6.90. The van der Waals surface area contributed by atoms with Crippen LogP contribution in [0.25, 0.3) is 0 Å². The van der Waals surface area contributed by atoms with Crippen LogP contribution in [0, 0.1) is 0 Å². The summed E-state index contributed by atoms with van der Waals surface area (Å²) >= 11 is 1.89. The van der Waals surface area contributed by atoms with Crippen molar-refractivity contribution in [2.45, 2.75) is 30.3 Å². The lowest BCUT2D eigenvalue weighted by atomic mass is 10.0. The summed E-state index contributed by atoms with van der Waals surface area (Å²) in [6.45, 7) is 1.91. The zero-order valence-corrected chi connectivity index (χ0v) is 11.0. The van der Waals surface area contributed by atoms with Crippen molar-refractivity contribution in [2.24, 2.45) is 0 Å². The van der Waals surface area contributed by atoms with Gasteiger partial charge in [0, 0.05) is 18.0 Å². The molecule has 1 heterocycles. The largest absolute Gasteiger partial charge is 0.358 e. The molecule has 1 aromatic rings. The maximum Gasteiger partial charge on any atom is 0.236 e. The lowest BCUT2D eigenvalue weighted by molar-refractivity contribution is -0.122. The van der Waals surface area contributed by atoms with Gasteiger partial charge in [-0.1, -0.05) is 18.2 Å². The van der Waals surface area contributed by atoms with Crippen molar-refractivity contribution in [1.29, 1.82) is 0 Å². The van der Waals surface area contributed by atoms with Crippen molar-refractivity contribution in [3.05, 3.63) is 29.8 Å². The molecule has 1 aliphatic heterocycles. The second-order valence-electron chi connectivity index (χ2n) is 4.23. The van der Waals surface area contributed by atoms with E-state index in [2.05, 4.69) is 34.9 Å². The minimum Gasteiger partial charge on any atom is -0.358 e. The van der Waals surface area contributed by atoms with Gasteiger partial charge in [-0.2, -0.15) is 0 Å². The van der Waals surface area contributed by atoms with Gasteiger partial charge in [0.25, 0.3) is 0 Å². The van der Waals surface area contributed by atoms with E-state index >= 15 is 0 Å². The van der Waals surface area contributed by atoms with E-state index in [-0.39, 0.29) is 11.9 Å². The molecule has 0 radical (unpaired) electrons. The van der Waals surface area contributed by atoms with Gasteiger partial charge in [-0.3, -0.25) is 10.1 Å². The zero-order valence-electron chi connectivity index (χ0n) is 10.2. The van der Waals surface area contributed by atoms with Gasteiger partial charge in [-0.25, -0.2) is 0 Å². The van der Waals surface area contributed by atoms with Crippen LogP contribution in [0.3, 0.4) is 0 Å². The highest BCUT2D eigenvalue weighted by atomic mass is 32.2. The fourth-order valence-electron chi connectivity index (χ4n) is 2.11. The Balaban J connectivity index is 2.11. The molecule has 0 fully saturated rings. The van der Waals surface area contributed by atoms with Crippen molar-refractivity contribution >= 4 is 17.7 Å². The van der Waals surface area contributed by atoms with Crippen molar-refractivity contribution in [3.8, 4) is 0 Å². The SMILES string of the molecule is CNC(=O)C(C)NC1CCSc2ccccc21. The third-order valence-electron chi connectivity index (χ3n) is 3.05. The van der Waals surface area contributed by atoms with E-state index in [9.17, 15) is 4.79 Å². The molecule has 2 unspecified atom stereocenters. The van der Waals surface area contributed by atoms with Gasteiger partial charge in [-0.15, -0.1) is 11.8 Å². The molecule has 1 amide bonds. The highest BCUT2D eigenvalue weighted by molar-refractivity contribution is 7.99. The van der Waals surface area contributed by atoms with Crippen LogP contribution < -0.4 is 10.6 Å². The molecule has 17 heavy (non-hydrogen) atoms. The molecule has 0 bridgehead atoms. The Morgan fingerprint density at radius 1 is 1.47 bits per heavy atom. The number of rotatable bonds is 3. The Morgan fingerprint density at radius 2 is 2.24 bits per heavy atom. The van der Waals surface area contributed by atoms with Gasteiger partial charge in [0.05, 0.1) is 6.04 Å². The van der Waals surface area contributed by atoms with Crippen LogP contribution in [0.1, 0.15) is 24.9 Å². The minimum absolute atomic E-state index is 0.0423. The van der Waals surface area contributed by atoms with Crippen LogP contribution in [-0.4, -0.2) is 24.7 Å². The second-order valence-corrected chi connectivity index (χ2v) is 5.37. The Labute approximate surface area is 106 Å². The number of benzene rings is 1. The Hall–Kier alpha value is -1.00. The standard InChI is InChI=1S/C13H18N2OS/c1-9(13(16)14-2)15-11-7-8-17-12-6-4-3-5-10(11)12/h3-6,9,11,15H,7-8H2,1-2H3,(H,14,16). The molecule has 4 heteroatoms. The molecular formula is C13H18N2OS. The predicted molar refractivity (Wildman–Crippen MR) is 71.2 cm³/mol. The van der Waals surface area contributed by atoms with E-state index in [1.54, 1.807) is 7.05 Å². The van der Waals surface area contributed by atoms with Gasteiger partial charge in [0.15, 0.2) is 0 Å². The van der Waals surface area contributed by atoms with Gasteiger partial charge in [0.1, 0.15) is 0 Å². The molecular weight excluding hydrogens is 232 g/mol. The summed E-state index contributed by atoms with van der Waals surface area (Å²) < 4.78 is 0. The highest BCUT2D eigenvalue weighted by Gasteiger charge is 2.23. The number of amides is 1. The molecule has 1 aromatic carbocycles. The monoisotopic (exact) mass is 250 g/mol. The van der Waals surface area contributed by atoms with Crippen LogP contribution in [0.2, 0.25) is 0 Å². The maximum atomic E-state index is 11.5. The summed E-state index contributed by atoms with van der Waals surface area (Å²) in [5.41, 5.74) is 1.32. The number of nitrogens with one attached hydrogen (secondary N) is 2. The van der Waals surface area contributed by atoms with Crippen LogP contribution in [-0.2, 0) is 4.79 Å². The number of hydrogen-bond acceptors (Lipinski definition) is 3.